The summed E-state index contributed by atoms with van der Waals surface area (Å²) in [5, 5.41) is 5.06. The predicted molar refractivity (Wildman–Crippen MR) is 98.6 cm³/mol. The van der Waals surface area contributed by atoms with E-state index in [1.165, 1.54) is 0 Å². The van der Waals surface area contributed by atoms with Gasteiger partial charge in [0.05, 0.1) is 23.3 Å². The second-order valence-corrected chi connectivity index (χ2v) is 6.80. The molecule has 0 bridgehead atoms. The lowest BCUT2D eigenvalue weighted by molar-refractivity contribution is -0.130. The molecule has 1 N–H and O–H groups in total. The Morgan fingerprint density at radius 2 is 2.12 bits per heavy atom. The van der Waals surface area contributed by atoms with Crippen molar-refractivity contribution in [3.8, 4) is 0 Å². The van der Waals surface area contributed by atoms with Crippen LogP contribution >= 0.6 is 11.6 Å². The van der Waals surface area contributed by atoms with Crippen molar-refractivity contribution in [1.82, 2.24) is 24.6 Å². The van der Waals surface area contributed by atoms with Crippen LogP contribution < -0.4 is 0 Å². The van der Waals surface area contributed by atoms with Gasteiger partial charge < -0.3 is 9.88 Å². The molecule has 0 spiro atoms. The molecule has 0 unspecified atom stereocenters. The van der Waals surface area contributed by atoms with Gasteiger partial charge in [-0.3, -0.25) is 9.48 Å². The third kappa shape index (κ3) is 3.69. The van der Waals surface area contributed by atoms with Crippen molar-refractivity contribution < 1.29 is 4.79 Å². The zero-order chi connectivity index (χ0) is 18.1. The standard InChI is InChI=1S/C18H22ClN5O/c1-11-14(12(2)24(4)22-11)6-8-18(25)23(3)10-17-20-15-7-5-13(19)9-16(15)21-17/h5,7,9H,6,8,10H2,1-4H3,(H,20,21). The number of hydrogen-bond acceptors (Lipinski definition) is 3. The topological polar surface area (TPSA) is 66.8 Å². The minimum Gasteiger partial charge on any atom is -0.340 e. The van der Waals surface area contributed by atoms with E-state index in [2.05, 4.69) is 15.1 Å². The number of rotatable bonds is 5. The van der Waals surface area contributed by atoms with E-state index in [0.29, 0.717) is 24.4 Å². The van der Waals surface area contributed by atoms with Crippen LogP contribution in [0.15, 0.2) is 18.2 Å². The first-order chi connectivity index (χ1) is 11.8. The van der Waals surface area contributed by atoms with Crippen LogP contribution in [0.4, 0.5) is 0 Å². The fourth-order valence-corrected chi connectivity index (χ4v) is 3.20. The molecule has 3 aromatic rings. The van der Waals surface area contributed by atoms with Crippen molar-refractivity contribution in [1.29, 1.82) is 0 Å². The maximum Gasteiger partial charge on any atom is 0.223 e. The van der Waals surface area contributed by atoms with Crippen LogP contribution in [0.2, 0.25) is 5.02 Å². The average Bonchev–Trinajstić information content (AvgIpc) is 3.05. The van der Waals surface area contributed by atoms with Crippen molar-refractivity contribution >= 4 is 28.5 Å². The Hall–Kier alpha value is -2.34. The van der Waals surface area contributed by atoms with Crippen LogP contribution in [-0.2, 0) is 24.8 Å². The molecule has 0 fully saturated rings. The zero-order valence-corrected chi connectivity index (χ0v) is 15.7. The van der Waals surface area contributed by atoms with Gasteiger partial charge in [-0.25, -0.2) is 4.98 Å². The highest BCUT2D eigenvalue weighted by Gasteiger charge is 2.15. The SMILES string of the molecule is Cc1nn(C)c(C)c1CCC(=O)N(C)Cc1nc2ccc(Cl)cc2[nH]1. The quantitative estimate of drug-likeness (QED) is 0.760. The number of aromatic amines is 1. The first-order valence-electron chi connectivity index (χ1n) is 8.22. The molecule has 2 heterocycles. The second kappa shape index (κ2) is 6.88. The average molecular weight is 360 g/mol. The fourth-order valence-electron chi connectivity index (χ4n) is 3.02. The number of aromatic nitrogens is 4. The molecular formula is C18H22ClN5O. The molecule has 0 aliphatic carbocycles. The summed E-state index contributed by atoms with van der Waals surface area (Å²) >= 11 is 5.99. The lowest BCUT2D eigenvalue weighted by Gasteiger charge is -2.15. The van der Waals surface area contributed by atoms with E-state index in [1.54, 1.807) is 11.9 Å². The van der Waals surface area contributed by atoms with Gasteiger partial charge >= 0.3 is 0 Å². The Kier molecular flexibility index (Phi) is 4.81. The summed E-state index contributed by atoms with van der Waals surface area (Å²) in [6.45, 7) is 4.45. The number of nitrogens with zero attached hydrogens (tertiary/aromatic N) is 4. The van der Waals surface area contributed by atoms with E-state index in [1.807, 2.05) is 43.8 Å². The Balaban J connectivity index is 1.63. The number of fused-ring (bicyclic) bond motifs is 1. The van der Waals surface area contributed by atoms with Crippen LogP contribution in [0.1, 0.15) is 29.2 Å². The van der Waals surface area contributed by atoms with Crippen LogP contribution in [0, 0.1) is 13.8 Å². The first kappa shape index (κ1) is 17.5. The highest BCUT2D eigenvalue weighted by Crippen LogP contribution is 2.18. The van der Waals surface area contributed by atoms with Crippen molar-refractivity contribution in [3.63, 3.8) is 0 Å². The number of imidazole rings is 1. The molecule has 0 saturated heterocycles. The van der Waals surface area contributed by atoms with Gasteiger partial charge in [0.15, 0.2) is 0 Å². The predicted octanol–water partition coefficient (Wildman–Crippen LogP) is 3.16. The van der Waals surface area contributed by atoms with Gasteiger partial charge in [-0.15, -0.1) is 0 Å². The largest absolute Gasteiger partial charge is 0.340 e. The van der Waals surface area contributed by atoms with Crippen LogP contribution in [0.25, 0.3) is 11.0 Å². The van der Waals surface area contributed by atoms with E-state index in [4.69, 9.17) is 11.6 Å². The lowest BCUT2D eigenvalue weighted by atomic mass is 10.1. The monoisotopic (exact) mass is 359 g/mol. The molecule has 7 heteroatoms. The molecule has 0 aliphatic rings. The van der Waals surface area contributed by atoms with Crippen molar-refractivity contribution in [2.45, 2.75) is 33.2 Å². The highest BCUT2D eigenvalue weighted by molar-refractivity contribution is 6.31. The Morgan fingerprint density at radius 3 is 2.80 bits per heavy atom. The molecule has 3 rings (SSSR count). The Morgan fingerprint density at radius 1 is 1.36 bits per heavy atom. The molecule has 0 saturated carbocycles. The van der Waals surface area contributed by atoms with Crippen LogP contribution in [0.3, 0.4) is 0 Å². The minimum atomic E-state index is 0.0844. The highest BCUT2D eigenvalue weighted by atomic mass is 35.5. The van der Waals surface area contributed by atoms with Crippen molar-refractivity contribution in [2.24, 2.45) is 7.05 Å². The van der Waals surface area contributed by atoms with Gasteiger partial charge in [0.1, 0.15) is 5.82 Å². The van der Waals surface area contributed by atoms with E-state index in [-0.39, 0.29) is 5.91 Å². The zero-order valence-electron chi connectivity index (χ0n) is 14.9. The summed E-state index contributed by atoms with van der Waals surface area (Å²) < 4.78 is 1.86. The molecule has 1 aromatic carbocycles. The molecule has 6 nitrogen and oxygen atoms in total. The third-order valence-corrected chi connectivity index (χ3v) is 4.79. The van der Waals surface area contributed by atoms with E-state index < -0.39 is 0 Å². The number of H-pyrrole nitrogens is 1. The number of nitrogens with one attached hydrogen (secondary N) is 1. The van der Waals surface area contributed by atoms with Crippen molar-refractivity contribution in [2.75, 3.05) is 7.05 Å². The summed E-state index contributed by atoms with van der Waals surface area (Å²) in [6, 6.07) is 5.51. The Labute approximate surface area is 151 Å². The number of benzene rings is 1. The van der Waals surface area contributed by atoms with E-state index >= 15 is 0 Å². The number of carbonyl (C=O) groups excluding carboxylic acids is 1. The lowest BCUT2D eigenvalue weighted by Crippen LogP contribution is -2.27. The maximum absolute atomic E-state index is 12.5. The van der Waals surface area contributed by atoms with Crippen LogP contribution in [-0.4, -0.2) is 37.6 Å². The molecule has 25 heavy (non-hydrogen) atoms. The van der Waals surface area contributed by atoms with Gasteiger partial charge in [-0.2, -0.15) is 5.10 Å². The van der Waals surface area contributed by atoms with Gasteiger partial charge in [-0.1, -0.05) is 11.6 Å². The second-order valence-electron chi connectivity index (χ2n) is 6.37. The van der Waals surface area contributed by atoms with Gasteiger partial charge in [-0.05, 0) is 44.0 Å². The number of halogens is 1. The maximum atomic E-state index is 12.5. The Bertz CT molecular complexity index is 927. The fraction of sp³-hybridized carbons (Fsp3) is 0.389. The normalized spacial score (nSPS) is 11.2. The molecule has 0 aliphatic heterocycles. The first-order valence-corrected chi connectivity index (χ1v) is 8.60. The number of carbonyl (C=O) groups is 1. The van der Waals surface area contributed by atoms with Gasteiger partial charge in [0.2, 0.25) is 5.91 Å². The summed E-state index contributed by atoms with van der Waals surface area (Å²) in [6.07, 6.45) is 1.15. The molecular weight excluding hydrogens is 338 g/mol. The van der Waals surface area contributed by atoms with E-state index in [0.717, 1.165) is 33.8 Å². The molecule has 132 valence electrons. The molecule has 0 radical (unpaired) electrons. The van der Waals surface area contributed by atoms with Gasteiger partial charge in [0.25, 0.3) is 0 Å². The van der Waals surface area contributed by atoms with E-state index in [9.17, 15) is 4.79 Å². The van der Waals surface area contributed by atoms with Crippen LogP contribution in [0.5, 0.6) is 0 Å². The molecule has 0 atom stereocenters. The molecule has 2 aromatic heterocycles. The number of hydrogen-bond donors (Lipinski definition) is 1. The summed E-state index contributed by atoms with van der Waals surface area (Å²) in [5.41, 5.74) is 4.99. The van der Waals surface area contributed by atoms with Crippen molar-refractivity contribution in [3.05, 3.63) is 46.0 Å². The van der Waals surface area contributed by atoms with Gasteiger partial charge in [0, 0.05) is 31.2 Å². The number of aryl methyl sites for hydroxylation is 2. The summed E-state index contributed by atoms with van der Waals surface area (Å²) in [4.78, 5) is 21.9. The summed E-state index contributed by atoms with van der Waals surface area (Å²) in [5.74, 6) is 0.836. The third-order valence-electron chi connectivity index (χ3n) is 4.55. The number of amides is 1. The molecule has 1 amide bonds. The smallest absolute Gasteiger partial charge is 0.223 e. The summed E-state index contributed by atoms with van der Waals surface area (Å²) in [7, 11) is 3.72. The minimum absolute atomic E-state index is 0.0844.